The second-order valence-corrected chi connectivity index (χ2v) is 5.76. The van der Waals surface area contributed by atoms with E-state index >= 15 is 0 Å². The molecule has 112 valence electrons. The van der Waals surface area contributed by atoms with Gasteiger partial charge >= 0.3 is 0 Å². The molecular formula is C17H14Cl2N2O. The molecule has 0 atom stereocenters. The number of halogens is 2. The normalized spacial score (nSPS) is 10.7. The molecule has 0 radical (unpaired) electrons. The Balaban J connectivity index is 2.14. The SMILES string of the molecule is COc1ccc(-c2c(C)cnn2-c2ccc(Cl)cc2Cl)cc1. The summed E-state index contributed by atoms with van der Waals surface area (Å²) in [5, 5.41) is 5.61. The summed E-state index contributed by atoms with van der Waals surface area (Å²) in [5.74, 6) is 0.817. The van der Waals surface area contributed by atoms with Crippen molar-refractivity contribution in [3.8, 4) is 22.7 Å². The fourth-order valence-corrected chi connectivity index (χ4v) is 2.85. The van der Waals surface area contributed by atoms with E-state index in [1.54, 1.807) is 19.2 Å². The van der Waals surface area contributed by atoms with Crippen LogP contribution in [0.25, 0.3) is 16.9 Å². The zero-order chi connectivity index (χ0) is 15.7. The van der Waals surface area contributed by atoms with Crippen molar-refractivity contribution in [2.75, 3.05) is 7.11 Å². The molecule has 0 bridgehead atoms. The Morgan fingerprint density at radius 2 is 1.77 bits per heavy atom. The van der Waals surface area contributed by atoms with E-state index in [0.29, 0.717) is 10.0 Å². The highest BCUT2D eigenvalue weighted by molar-refractivity contribution is 6.35. The number of benzene rings is 2. The number of aryl methyl sites for hydroxylation is 1. The molecule has 0 saturated heterocycles. The fraction of sp³-hybridized carbons (Fsp3) is 0.118. The molecule has 0 spiro atoms. The second kappa shape index (κ2) is 6.03. The van der Waals surface area contributed by atoms with Gasteiger partial charge in [0.2, 0.25) is 0 Å². The van der Waals surface area contributed by atoms with Gasteiger partial charge < -0.3 is 4.74 Å². The van der Waals surface area contributed by atoms with Gasteiger partial charge in [0.05, 0.1) is 29.7 Å². The average molecular weight is 333 g/mol. The maximum absolute atomic E-state index is 6.32. The Morgan fingerprint density at radius 3 is 2.41 bits per heavy atom. The number of nitrogens with zero attached hydrogens (tertiary/aromatic N) is 2. The van der Waals surface area contributed by atoms with Crippen LogP contribution in [-0.4, -0.2) is 16.9 Å². The molecule has 22 heavy (non-hydrogen) atoms. The van der Waals surface area contributed by atoms with Gasteiger partial charge in [-0.1, -0.05) is 23.2 Å². The largest absolute Gasteiger partial charge is 0.497 e. The van der Waals surface area contributed by atoms with Crippen molar-refractivity contribution in [2.24, 2.45) is 0 Å². The van der Waals surface area contributed by atoms with Crippen LogP contribution in [0.1, 0.15) is 5.56 Å². The van der Waals surface area contributed by atoms with Gasteiger partial charge in [0.1, 0.15) is 5.75 Å². The first-order valence-electron chi connectivity index (χ1n) is 6.74. The molecule has 3 nitrogen and oxygen atoms in total. The van der Waals surface area contributed by atoms with E-state index < -0.39 is 0 Å². The smallest absolute Gasteiger partial charge is 0.118 e. The van der Waals surface area contributed by atoms with E-state index in [0.717, 1.165) is 28.3 Å². The first kappa shape index (κ1) is 14.9. The van der Waals surface area contributed by atoms with E-state index in [4.69, 9.17) is 27.9 Å². The van der Waals surface area contributed by atoms with Gasteiger partial charge in [0.15, 0.2) is 0 Å². The van der Waals surface area contributed by atoms with Crippen LogP contribution in [-0.2, 0) is 0 Å². The van der Waals surface area contributed by atoms with Gasteiger partial charge in [0.25, 0.3) is 0 Å². The highest BCUT2D eigenvalue weighted by atomic mass is 35.5. The number of rotatable bonds is 3. The molecule has 1 heterocycles. The summed E-state index contributed by atoms with van der Waals surface area (Å²) in [5.41, 5.74) is 3.90. The van der Waals surface area contributed by atoms with Crippen molar-refractivity contribution in [1.82, 2.24) is 9.78 Å². The summed E-state index contributed by atoms with van der Waals surface area (Å²) in [6, 6.07) is 13.2. The van der Waals surface area contributed by atoms with Crippen molar-refractivity contribution in [2.45, 2.75) is 6.92 Å². The minimum absolute atomic E-state index is 0.561. The van der Waals surface area contributed by atoms with Gasteiger partial charge in [0, 0.05) is 10.6 Å². The van der Waals surface area contributed by atoms with Crippen LogP contribution in [0.3, 0.4) is 0 Å². The molecule has 0 fully saturated rings. The van der Waals surface area contributed by atoms with E-state index in [1.165, 1.54) is 0 Å². The minimum atomic E-state index is 0.561. The number of hydrogen-bond acceptors (Lipinski definition) is 2. The van der Waals surface area contributed by atoms with Crippen LogP contribution in [0, 0.1) is 6.92 Å². The molecule has 0 amide bonds. The van der Waals surface area contributed by atoms with E-state index in [1.807, 2.05) is 48.1 Å². The van der Waals surface area contributed by atoms with Crippen LogP contribution < -0.4 is 4.74 Å². The van der Waals surface area contributed by atoms with Gasteiger partial charge in [-0.05, 0) is 55.0 Å². The summed E-state index contributed by atoms with van der Waals surface area (Å²) in [6.07, 6.45) is 1.82. The summed E-state index contributed by atoms with van der Waals surface area (Å²) in [7, 11) is 1.65. The van der Waals surface area contributed by atoms with E-state index in [2.05, 4.69) is 5.10 Å². The lowest BCUT2D eigenvalue weighted by Gasteiger charge is -2.11. The van der Waals surface area contributed by atoms with Crippen molar-refractivity contribution < 1.29 is 4.74 Å². The van der Waals surface area contributed by atoms with E-state index in [-0.39, 0.29) is 0 Å². The molecule has 3 aromatic rings. The third-order valence-electron chi connectivity index (χ3n) is 3.45. The van der Waals surface area contributed by atoms with Gasteiger partial charge in [-0.25, -0.2) is 4.68 Å². The maximum atomic E-state index is 6.32. The zero-order valence-electron chi connectivity index (χ0n) is 12.2. The number of hydrogen-bond donors (Lipinski definition) is 0. The standard InChI is InChI=1S/C17H14Cl2N2O/c1-11-10-20-21(16-8-5-13(18)9-15(16)19)17(11)12-3-6-14(22-2)7-4-12/h3-10H,1-2H3. The quantitative estimate of drug-likeness (QED) is 0.662. The maximum Gasteiger partial charge on any atom is 0.118 e. The van der Waals surface area contributed by atoms with Crippen LogP contribution >= 0.6 is 23.2 Å². The van der Waals surface area contributed by atoms with Crippen molar-refractivity contribution in [3.05, 3.63) is 64.3 Å². The van der Waals surface area contributed by atoms with Crippen LogP contribution in [0.5, 0.6) is 5.75 Å². The van der Waals surface area contributed by atoms with Gasteiger partial charge in [-0.2, -0.15) is 5.10 Å². The number of methoxy groups -OCH3 is 1. The number of ether oxygens (including phenoxy) is 1. The third kappa shape index (κ3) is 2.70. The summed E-state index contributed by atoms with van der Waals surface area (Å²) >= 11 is 12.3. The summed E-state index contributed by atoms with van der Waals surface area (Å²) < 4.78 is 7.03. The summed E-state index contributed by atoms with van der Waals surface area (Å²) in [6.45, 7) is 2.02. The Kier molecular flexibility index (Phi) is 4.10. The molecule has 1 aromatic heterocycles. The molecule has 0 aliphatic rings. The Labute approximate surface area is 139 Å². The molecular weight excluding hydrogens is 319 g/mol. The van der Waals surface area contributed by atoms with Crippen LogP contribution in [0.15, 0.2) is 48.7 Å². The summed E-state index contributed by atoms with van der Waals surface area (Å²) in [4.78, 5) is 0. The zero-order valence-corrected chi connectivity index (χ0v) is 13.7. The third-order valence-corrected chi connectivity index (χ3v) is 3.99. The lowest BCUT2D eigenvalue weighted by molar-refractivity contribution is 0.415. The molecule has 3 rings (SSSR count). The second-order valence-electron chi connectivity index (χ2n) is 4.91. The topological polar surface area (TPSA) is 27.1 Å². The number of aromatic nitrogens is 2. The molecule has 0 N–H and O–H groups in total. The Hall–Kier alpha value is -1.97. The fourth-order valence-electron chi connectivity index (χ4n) is 2.36. The van der Waals surface area contributed by atoms with Crippen molar-refractivity contribution >= 4 is 23.2 Å². The highest BCUT2D eigenvalue weighted by Gasteiger charge is 2.14. The molecule has 5 heteroatoms. The predicted molar refractivity (Wildman–Crippen MR) is 90.3 cm³/mol. The molecule has 0 aliphatic carbocycles. The van der Waals surface area contributed by atoms with Crippen LogP contribution in [0.2, 0.25) is 10.0 Å². The van der Waals surface area contributed by atoms with Gasteiger partial charge in [-0.3, -0.25) is 0 Å². The minimum Gasteiger partial charge on any atom is -0.497 e. The lowest BCUT2D eigenvalue weighted by Crippen LogP contribution is -2.00. The molecule has 0 unspecified atom stereocenters. The Morgan fingerprint density at radius 1 is 1.05 bits per heavy atom. The highest BCUT2D eigenvalue weighted by Crippen LogP contribution is 2.31. The molecule has 2 aromatic carbocycles. The lowest BCUT2D eigenvalue weighted by atomic mass is 10.1. The monoisotopic (exact) mass is 332 g/mol. The molecule has 0 aliphatic heterocycles. The van der Waals surface area contributed by atoms with Crippen molar-refractivity contribution in [1.29, 1.82) is 0 Å². The van der Waals surface area contributed by atoms with E-state index in [9.17, 15) is 0 Å². The average Bonchev–Trinajstić information content (AvgIpc) is 2.89. The molecule has 0 saturated carbocycles. The first-order chi connectivity index (χ1) is 10.6. The van der Waals surface area contributed by atoms with Gasteiger partial charge in [-0.15, -0.1) is 0 Å². The first-order valence-corrected chi connectivity index (χ1v) is 7.50. The Bertz CT molecular complexity index is 810. The van der Waals surface area contributed by atoms with Crippen molar-refractivity contribution in [3.63, 3.8) is 0 Å². The predicted octanol–water partition coefficient (Wildman–Crippen LogP) is 5.16. The van der Waals surface area contributed by atoms with Crippen LogP contribution in [0.4, 0.5) is 0 Å².